The van der Waals surface area contributed by atoms with Gasteiger partial charge in [-0.1, -0.05) is 49.7 Å². The number of amides is 2. The monoisotopic (exact) mass is 357 g/mol. The van der Waals surface area contributed by atoms with Crippen LogP contribution in [-0.4, -0.2) is 37.1 Å². The topological polar surface area (TPSA) is 35.6 Å². The highest BCUT2D eigenvalue weighted by Gasteiger charge is 2.21. The van der Waals surface area contributed by atoms with Gasteiger partial charge in [0.25, 0.3) is 0 Å². The summed E-state index contributed by atoms with van der Waals surface area (Å²) >= 11 is 6.10. The third kappa shape index (κ3) is 4.26. The van der Waals surface area contributed by atoms with Crippen LogP contribution in [0.15, 0.2) is 48.5 Å². The lowest BCUT2D eigenvalue weighted by molar-refractivity contribution is 0.208. The molecule has 1 aliphatic rings. The number of piperazine rings is 1. The summed E-state index contributed by atoms with van der Waals surface area (Å²) in [5.41, 5.74) is 3.22. The Balaban J connectivity index is 1.56. The van der Waals surface area contributed by atoms with Crippen molar-refractivity contribution in [3.63, 3.8) is 0 Å². The van der Waals surface area contributed by atoms with Gasteiger partial charge in [-0.05, 0) is 35.7 Å². The summed E-state index contributed by atoms with van der Waals surface area (Å²) in [5, 5.41) is 3.45. The average molecular weight is 358 g/mol. The van der Waals surface area contributed by atoms with Crippen molar-refractivity contribution in [2.45, 2.75) is 19.8 Å². The highest BCUT2D eigenvalue weighted by molar-refractivity contribution is 6.33. The fourth-order valence-corrected chi connectivity index (χ4v) is 3.18. The van der Waals surface area contributed by atoms with E-state index in [1.54, 1.807) is 6.07 Å². The molecule has 1 heterocycles. The van der Waals surface area contributed by atoms with Crippen molar-refractivity contribution in [2.24, 2.45) is 0 Å². The number of benzene rings is 2. The van der Waals surface area contributed by atoms with Gasteiger partial charge in [-0.15, -0.1) is 0 Å². The van der Waals surface area contributed by atoms with Crippen LogP contribution in [0.3, 0.4) is 0 Å². The van der Waals surface area contributed by atoms with Gasteiger partial charge in [0, 0.05) is 31.9 Å². The van der Waals surface area contributed by atoms with Crippen molar-refractivity contribution in [3.8, 4) is 0 Å². The summed E-state index contributed by atoms with van der Waals surface area (Å²) in [7, 11) is 0. The maximum atomic E-state index is 12.4. The molecule has 3 rings (SSSR count). The molecular weight excluding hydrogens is 334 g/mol. The molecule has 1 fully saturated rings. The van der Waals surface area contributed by atoms with Crippen LogP contribution >= 0.6 is 11.6 Å². The van der Waals surface area contributed by atoms with Gasteiger partial charge in [-0.3, -0.25) is 0 Å². The number of hydrogen-bond acceptors (Lipinski definition) is 2. The maximum Gasteiger partial charge on any atom is 0.322 e. The molecule has 0 bridgehead atoms. The van der Waals surface area contributed by atoms with Crippen LogP contribution in [0.5, 0.6) is 0 Å². The summed E-state index contributed by atoms with van der Waals surface area (Å²) < 4.78 is 0. The maximum absolute atomic E-state index is 12.4. The largest absolute Gasteiger partial charge is 0.368 e. The summed E-state index contributed by atoms with van der Waals surface area (Å²) in [6, 6.07) is 15.9. The van der Waals surface area contributed by atoms with E-state index in [0.29, 0.717) is 29.7 Å². The number of halogens is 1. The van der Waals surface area contributed by atoms with Crippen molar-refractivity contribution < 1.29 is 4.79 Å². The Morgan fingerprint density at radius 2 is 1.64 bits per heavy atom. The van der Waals surface area contributed by atoms with Crippen LogP contribution in [0.2, 0.25) is 5.02 Å². The molecular formula is C20H24ClN3O. The number of para-hydroxylation sites is 1. The number of nitrogens with zero attached hydrogens (tertiary/aromatic N) is 2. The first-order valence-corrected chi connectivity index (χ1v) is 9.08. The zero-order valence-corrected chi connectivity index (χ0v) is 15.5. The normalized spacial score (nSPS) is 14.7. The van der Waals surface area contributed by atoms with Crippen LogP contribution in [0.25, 0.3) is 0 Å². The summed E-state index contributed by atoms with van der Waals surface area (Å²) in [5.74, 6) is 0.541. The second-order valence-corrected chi connectivity index (χ2v) is 7.04. The number of urea groups is 1. The molecule has 0 saturated carbocycles. The van der Waals surface area contributed by atoms with E-state index in [9.17, 15) is 4.79 Å². The lowest BCUT2D eigenvalue weighted by atomic mass is 10.0. The van der Waals surface area contributed by atoms with Crippen LogP contribution in [-0.2, 0) is 0 Å². The molecule has 0 aromatic heterocycles. The van der Waals surface area contributed by atoms with E-state index in [2.05, 4.69) is 48.3 Å². The van der Waals surface area contributed by atoms with Crippen LogP contribution in [0.1, 0.15) is 25.3 Å². The van der Waals surface area contributed by atoms with Crippen LogP contribution in [0, 0.1) is 0 Å². The Kier molecular flexibility index (Phi) is 5.49. The van der Waals surface area contributed by atoms with Crippen molar-refractivity contribution >= 4 is 29.0 Å². The quantitative estimate of drug-likeness (QED) is 0.854. The lowest BCUT2D eigenvalue weighted by Gasteiger charge is -2.36. The zero-order valence-electron chi connectivity index (χ0n) is 14.7. The van der Waals surface area contributed by atoms with E-state index >= 15 is 0 Å². The summed E-state index contributed by atoms with van der Waals surface area (Å²) in [6.45, 7) is 7.45. The SMILES string of the molecule is CC(C)c1ccc(N2CCN(C(=O)Nc3ccccc3Cl)CC2)cc1. The predicted octanol–water partition coefficient (Wildman–Crippen LogP) is 4.82. The van der Waals surface area contributed by atoms with Crippen molar-refractivity contribution in [3.05, 3.63) is 59.1 Å². The molecule has 5 heteroatoms. The molecule has 1 aliphatic heterocycles. The van der Waals surface area contributed by atoms with E-state index in [1.807, 2.05) is 23.1 Å². The van der Waals surface area contributed by atoms with E-state index in [0.717, 1.165) is 13.1 Å². The second kappa shape index (κ2) is 7.79. The van der Waals surface area contributed by atoms with E-state index in [1.165, 1.54) is 11.3 Å². The van der Waals surface area contributed by atoms with Gasteiger partial charge in [-0.25, -0.2) is 4.79 Å². The van der Waals surface area contributed by atoms with Gasteiger partial charge < -0.3 is 15.1 Å². The average Bonchev–Trinajstić information content (AvgIpc) is 2.64. The molecule has 2 amide bonds. The number of carbonyl (C=O) groups is 1. The minimum atomic E-state index is -0.0945. The molecule has 1 saturated heterocycles. The third-order valence-corrected chi connectivity index (χ3v) is 4.94. The van der Waals surface area contributed by atoms with Crippen molar-refractivity contribution in [2.75, 3.05) is 36.4 Å². The van der Waals surface area contributed by atoms with Crippen LogP contribution in [0.4, 0.5) is 16.2 Å². The molecule has 2 aromatic carbocycles. The van der Waals surface area contributed by atoms with Crippen molar-refractivity contribution in [1.82, 2.24) is 4.90 Å². The Hall–Kier alpha value is -2.20. The van der Waals surface area contributed by atoms with Gasteiger partial charge in [0.15, 0.2) is 0 Å². The van der Waals surface area contributed by atoms with Crippen molar-refractivity contribution in [1.29, 1.82) is 0 Å². The molecule has 132 valence electrons. The first-order chi connectivity index (χ1) is 12.0. The Labute approximate surface area is 154 Å². The van der Waals surface area contributed by atoms with Gasteiger partial charge >= 0.3 is 6.03 Å². The van der Waals surface area contributed by atoms with Gasteiger partial charge in [-0.2, -0.15) is 0 Å². The standard InChI is InChI=1S/C20H24ClN3O/c1-15(2)16-7-9-17(10-8-16)23-11-13-24(14-12-23)20(25)22-19-6-4-3-5-18(19)21/h3-10,15H,11-14H2,1-2H3,(H,22,25). The van der Waals surface area contributed by atoms with E-state index in [4.69, 9.17) is 11.6 Å². The molecule has 1 N–H and O–H groups in total. The summed E-state index contributed by atoms with van der Waals surface area (Å²) in [4.78, 5) is 16.6. The van der Waals surface area contributed by atoms with E-state index in [-0.39, 0.29) is 6.03 Å². The first-order valence-electron chi connectivity index (χ1n) is 8.70. The Morgan fingerprint density at radius 3 is 2.24 bits per heavy atom. The lowest BCUT2D eigenvalue weighted by Crippen LogP contribution is -2.50. The number of carbonyl (C=O) groups excluding carboxylic acids is 1. The fourth-order valence-electron chi connectivity index (χ4n) is 2.99. The smallest absolute Gasteiger partial charge is 0.322 e. The first kappa shape index (κ1) is 17.6. The Bertz CT molecular complexity index is 722. The minimum absolute atomic E-state index is 0.0945. The van der Waals surface area contributed by atoms with Gasteiger partial charge in [0.1, 0.15) is 0 Å². The zero-order chi connectivity index (χ0) is 17.8. The molecule has 0 radical (unpaired) electrons. The predicted molar refractivity (Wildman–Crippen MR) is 105 cm³/mol. The van der Waals surface area contributed by atoms with Crippen LogP contribution < -0.4 is 10.2 Å². The molecule has 4 nitrogen and oxygen atoms in total. The second-order valence-electron chi connectivity index (χ2n) is 6.63. The molecule has 0 aliphatic carbocycles. The number of anilines is 2. The molecule has 25 heavy (non-hydrogen) atoms. The molecule has 0 spiro atoms. The van der Waals surface area contributed by atoms with Gasteiger partial charge in [0.05, 0.1) is 10.7 Å². The minimum Gasteiger partial charge on any atom is -0.368 e. The Morgan fingerprint density at radius 1 is 1.00 bits per heavy atom. The number of rotatable bonds is 3. The van der Waals surface area contributed by atoms with Gasteiger partial charge in [0.2, 0.25) is 0 Å². The highest BCUT2D eigenvalue weighted by atomic mass is 35.5. The number of nitrogens with one attached hydrogen (secondary N) is 1. The molecule has 0 atom stereocenters. The summed E-state index contributed by atoms with van der Waals surface area (Å²) in [6.07, 6.45) is 0. The molecule has 0 unspecified atom stereocenters. The fraction of sp³-hybridized carbons (Fsp3) is 0.350. The highest BCUT2D eigenvalue weighted by Crippen LogP contribution is 2.23. The third-order valence-electron chi connectivity index (χ3n) is 4.61. The number of hydrogen-bond donors (Lipinski definition) is 1. The van der Waals surface area contributed by atoms with E-state index < -0.39 is 0 Å². The molecule has 2 aromatic rings.